The lowest BCUT2D eigenvalue weighted by Crippen LogP contribution is -2.29. The zero-order chi connectivity index (χ0) is 6.15. The van der Waals surface area contributed by atoms with Crippen molar-refractivity contribution in [1.82, 2.24) is 16.4 Å². The largest absolute Gasteiger partial charge is 0.310 e. The zero-order valence-corrected chi connectivity index (χ0v) is 2.50. The van der Waals surface area contributed by atoms with Gasteiger partial charge in [-0.25, -0.2) is 0 Å². The van der Waals surface area contributed by atoms with Crippen molar-refractivity contribution in [2.45, 2.75) is 0 Å². The average molecular weight is 74.1 g/mol. The molecule has 5 heavy (non-hydrogen) atoms. The molecular weight excluding hydrogens is 66.0 g/mol. The minimum atomic E-state index is 0.583. The third-order valence-corrected chi connectivity index (χ3v) is 0.303. The van der Waals surface area contributed by atoms with Crippen molar-refractivity contribution in [2.24, 2.45) is 0 Å². The molecule has 0 unspecified atom stereocenters. The number of hydrogen-bond acceptors (Lipinski definition) is 3. The van der Waals surface area contributed by atoms with Gasteiger partial charge in [-0.2, -0.15) is 5.53 Å². The molecule has 28 valence electrons. The molecule has 0 aliphatic carbocycles. The molecule has 3 N–H and O–H groups in total. The fraction of sp³-hybridized carbons (Fsp3) is 0. The maximum Gasteiger partial charge on any atom is 0.183 e. The molecule has 1 aliphatic heterocycles. The summed E-state index contributed by atoms with van der Waals surface area (Å²) >= 11 is 0. The van der Waals surface area contributed by atoms with Gasteiger partial charge < -0.3 is 10.8 Å². The molecule has 0 atom stereocenters. The minimum absolute atomic E-state index is 0.583. The Bertz CT molecular complexity index is 103. The topological polar surface area (TPSA) is 36.1 Å². The summed E-state index contributed by atoms with van der Waals surface area (Å²) in [6.07, 6.45) is 2.58. The first-order valence-electron chi connectivity index (χ1n) is 2.59. The molecule has 0 aromatic carbocycles. The second kappa shape index (κ2) is 0.944. The Kier molecular flexibility index (Phi) is 0.166. The Hall–Kier alpha value is -0.700. The first kappa shape index (κ1) is 0.879. The van der Waals surface area contributed by atoms with Crippen LogP contribution in [-0.2, 0) is 0 Å². The smallest absolute Gasteiger partial charge is 0.183 e. The Balaban J connectivity index is 2.55. The summed E-state index contributed by atoms with van der Waals surface area (Å²) in [4.78, 5) is 0. The van der Waals surface area contributed by atoms with E-state index < -0.39 is 0 Å². The Morgan fingerprint density at radius 3 is 2.20 bits per heavy atom. The molecule has 3 heteroatoms. The van der Waals surface area contributed by atoms with Crippen LogP contribution < -0.4 is 16.4 Å². The molecule has 0 bridgehead atoms. The van der Waals surface area contributed by atoms with Crippen LogP contribution in [-0.4, -0.2) is 0 Å². The molecular formula is C2H5N3. The summed E-state index contributed by atoms with van der Waals surface area (Å²) in [5.41, 5.74) is 2.04. The third kappa shape index (κ3) is 0.302. The second-order valence-electron chi connectivity index (χ2n) is 0.619. The van der Waals surface area contributed by atoms with Crippen molar-refractivity contribution in [2.75, 3.05) is 0 Å². The number of nitrogens with one attached hydrogen (secondary N) is 3. The van der Waals surface area contributed by atoms with E-state index in [0.717, 1.165) is 10.8 Å². The summed E-state index contributed by atoms with van der Waals surface area (Å²) in [6.45, 7) is 0. The van der Waals surface area contributed by atoms with Crippen LogP contribution in [0.5, 0.6) is 0 Å². The van der Waals surface area contributed by atoms with Crippen LogP contribution in [0.25, 0.3) is 0 Å². The maximum absolute atomic E-state index is 6.79. The fourth-order valence-electron chi connectivity index (χ4n) is 0.149. The van der Waals surface area contributed by atoms with E-state index in [1.54, 1.807) is 0 Å². The Labute approximate surface area is 34.4 Å². The highest BCUT2D eigenvalue weighted by molar-refractivity contribution is 4.77. The summed E-state index contributed by atoms with van der Waals surface area (Å²) in [6, 6.07) is 0. The summed E-state index contributed by atoms with van der Waals surface area (Å²) < 4.78 is 20.4. The van der Waals surface area contributed by atoms with Crippen molar-refractivity contribution < 1.29 is 4.24 Å². The van der Waals surface area contributed by atoms with Crippen molar-refractivity contribution in [3.8, 4) is 0 Å². The number of hydrazine groups is 2. The van der Waals surface area contributed by atoms with E-state index in [1.165, 1.54) is 12.4 Å². The molecule has 0 radical (unpaired) electrons. The van der Waals surface area contributed by atoms with Gasteiger partial charge in [-0.15, -0.1) is 0 Å². The van der Waals surface area contributed by atoms with Crippen molar-refractivity contribution in [3.05, 3.63) is 12.4 Å². The van der Waals surface area contributed by atoms with E-state index >= 15 is 0 Å². The van der Waals surface area contributed by atoms with Gasteiger partial charge in [0.2, 0.25) is 0 Å². The number of rotatable bonds is 0. The first-order valence-corrected chi connectivity index (χ1v) is 1.25. The summed E-state index contributed by atoms with van der Waals surface area (Å²) in [7, 11) is 0. The molecule has 0 aromatic heterocycles. The van der Waals surface area contributed by atoms with Gasteiger partial charge in [0.05, 0.1) is 0 Å². The third-order valence-electron chi connectivity index (χ3n) is 0.303. The van der Waals surface area contributed by atoms with Gasteiger partial charge in [0.1, 0.15) is 0 Å². The highest BCUT2D eigenvalue weighted by Gasteiger charge is 1.74. The van der Waals surface area contributed by atoms with Gasteiger partial charge in [-0.05, 0) is 0 Å². The Morgan fingerprint density at radius 1 is 1.40 bits per heavy atom. The van der Waals surface area contributed by atoms with E-state index in [2.05, 4.69) is 0 Å². The van der Waals surface area contributed by atoms with E-state index in [0.29, 0.717) is 5.53 Å². The van der Waals surface area contributed by atoms with Crippen LogP contribution >= 0.6 is 0 Å². The molecule has 0 spiro atoms. The molecule has 1 rings (SSSR count). The lowest BCUT2D eigenvalue weighted by molar-refractivity contribution is 0.614. The number of hydrogen-bond donors (Lipinski definition) is 3. The van der Waals surface area contributed by atoms with Gasteiger partial charge in [0, 0.05) is 12.4 Å². The molecule has 0 fully saturated rings. The van der Waals surface area contributed by atoms with Crippen LogP contribution in [0.2, 0.25) is 4.24 Å². The quantitative estimate of drug-likeness (QED) is 0.347. The van der Waals surface area contributed by atoms with Gasteiger partial charge >= 0.3 is 0 Å². The Morgan fingerprint density at radius 2 is 2.00 bits per heavy atom. The van der Waals surface area contributed by atoms with E-state index in [4.69, 9.17) is 4.24 Å². The minimum Gasteiger partial charge on any atom is -0.310 e. The highest BCUT2D eigenvalue weighted by Crippen LogP contribution is 1.58. The normalized spacial score (nSPS) is 34.0. The predicted octanol–water partition coefficient (Wildman–Crippen LogP) is -0.930. The SMILES string of the molecule is [2H]N1C=CN([2H])N1[2H]. The van der Waals surface area contributed by atoms with Gasteiger partial charge in [-0.3, -0.25) is 0 Å². The maximum atomic E-state index is 6.79. The lowest BCUT2D eigenvalue weighted by Gasteiger charge is -1.86. The molecule has 3 nitrogen and oxygen atoms in total. The van der Waals surface area contributed by atoms with Crippen LogP contribution in [0.1, 0.15) is 0 Å². The van der Waals surface area contributed by atoms with Crippen LogP contribution in [0.15, 0.2) is 12.4 Å². The zero-order valence-electron chi connectivity index (χ0n) is 5.50. The first-order chi connectivity index (χ1) is 3.72. The predicted molar refractivity (Wildman–Crippen MR) is 18.5 cm³/mol. The molecule has 1 aliphatic rings. The van der Waals surface area contributed by atoms with Crippen molar-refractivity contribution >= 4 is 0 Å². The highest BCUT2D eigenvalue weighted by atomic mass is 15.6. The van der Waals surface area contributed by atoms with Crippen LogP contribution in [0, 0.1) is 0 Å². The van der Waals surface area contributed by atoms with E-state index in [-0.39, 0.29) is 0 Å². The molecule has 0 aromatic rings. The lowest BCUT2D eigenvalue weighted by atomic mass is 11.0. The summed E-state index contributed by atoms with van der Waals surface area (Å²) in [5, 5.41) is 0. The van der Waals surface area contributed by atoms with Crippen molar-refractivity contribution in [1.29, 1.82) is 0 Å². The average Bonchev–Trinajstić information content (AvgIpc) is 1.98. The molecule has 1 heterocycles. The molecule has 0 amide bonds. The molecule has 0 saturated heterocycles. The standard InChI is InChI=1S/C2H5N3/c1-2-4-5-3-1/h1-5H/i/hD3. The van der Waals surface area contributed by atoms with E-state index in [9.17, 15) is 0 Å². The van der Waals surface area contributed by atoms with Gasteiger partial charge in [0.15, 0.2) is 4.24 Å². The second-order valence-corrected chi connectivity index (χ2v) is 0.619. The van der Waals surface area contributed by atoms with Gasteiger partial charge in [0.25, 0.3) is 0 Å². The summed E-state index contributed by atoms with van der Waals surface area (Å²) in [5.74, 6) is 0. The van der Waals surface area contributed by atoms with E-state index in [1.807, 2.05) is 0 Å². The van der Waals surface area contributed by atoms with Gasteiger partial charge in [-0.1, -0.05) is 0 Å². The monoisotopic (exact) mass is 74.1 g/mol. The van der Waals surface area contributed by atoms with Crippen molar-refractivity contribution in [3.63, 3.8) is 0 Å². The molecule has 0 saturated carbocycles. The fourth-order valence-corrected chi connectivity index (χ4v) is 0.149. The van der Waals surface area contributed by atoms with Crippen LogP contribution in [0.3, 0.4) is 0 Å². The van der Waals surface area contributed by atoms with Crippen LogP contribution in [0.4, 0.5) is 0 Å².